The topological polar surface area (TPSA) is 37.3 Å². The Labute approximate surface area is 66.9 Å². The molecular formula is C9H14O2. The zero-order valence-electron chi connectivity index (χ0n) is 7.05. The Hall–Kier alpha value is -0.790. The minimum atomic E-state index is -0.728. The van der Waals surface area contributed by atoms with E-state index in [9.17, 15) is 4.79 Å². The standard InChI is InChI=1S/C9H14O2/c1-3-7(9(10)11)8-5-4-6(8)2/h6H,3-5H2,1-2H3,(H,10,11)/b8-7-. The summed E-state index contributed by atoms with van der Waals surface area (Å²) in [5.41, 5.74) is 1.81. The summed E-state index contributed by atoms with van der Waals surface area (Å²) >= 11 is 0. The molecule has 1 aliphatic rings. The molecule has 0 aromatic carbocycles. The van der Waals surface area contributed by atoms with E-state index in [0.29, 0.717) is 17.9 Å². The molecule has 62 valence electrons. The molecule has 0 radical (unpaired) electrons. The van der Waals surface area contributed by atoms with E-state index in [1.54, 1.807) is 0 Å². The highest BCUT2D eigenvalue weighted by molar-refractivity contribution is 5.87. The van der Waals surface area contributed by atoms with E-state index in [1.165, 1.54) is 5.57 Å². The zero-order valence-corrected chi connectivity index (χ0v) is 7.05. The first-order valence-corrected chi connectivity index (χ1v) is 4.12. The van der Waals surface area contributed by atoms with Gasteiger partial charge in [-0.2, -0.15) is 0 Å². The molecule has 0 heterocycles. The van der Waals surface area contributed by atoms with Gasteiger partial charge in [-0.15, -0.1) is 0 Å². The smallest absolute Gasteiger partial charge is 0.331 e. The second-order valence-electron chi connectivity index (χ2n) is 3.10. The van der Waals surface area contributed by atoms with Crippen LogP contribution in [0.3, 0.4) is 0 Å². The fourth-order valence-electron chi connectivity index (χ4n) is 1.54. The lowest BCUT2D eigenvalue weighted by molar-refractivity contribution is -0.132. The lowest BCUT2D eigenvalue weighted by atomic mass is 9.77. The summed E-state index contributed by atoms with van der Waals surface area (Å²) in [5, 5.41) is 8.77. The number of hydrogen-bond acceptors (Lipinski definition) is 1. The molecule has 0 saturated heterocycles. The largest absolute Gasteiger partial charge is 0.478 e. The second-order valence-corrected chi connectivity index (χ2v) is 3.10. The van der Waals surface area contributed by atoms with Crippen LogP contribution in [0, 0.1) is 5.92 Å². The van der Waals surface area contributed by atoms with Gasteiger partial charge in [0, 0.05) is 5.57 Å². The number of rotatable bonds is 2. The number of carbonyl (C=O) groups is 1. The molecule has 1 aliphatic carbocycles. The molecule has 0 amide bonds. The quantitative estimate of drug-likeness (QED) is 0.619. The molecule has 0 spiro atoms. The van der Waals surface area contributed by atoms with Crippen LogP contribution in [0.5, 0.6) is 0 Å². The predicted molar refractivity (Wildman–Crippen MR) is 43.4 cm³/mol. The molecule has 2 nitrogen and oxygen atoms in total. The lowest BCUT2D eigenvalue weighted by Gasteiger charge is -2.28. The number of aliphatic carboxylic acids is 1. The lowest BCUT2D eigenvalue weighted by Crippen LogP contribution is -2.17. The molecule has 2 heteroatoms. The number of carboxylic acid groups (broad SMARTS) is 1. The molecule has 11 heavy (non-hydrogen) atoms. The Morgan fingerprint density at radius 2 is 2.36 bits per heavy atom. The number of allylic oxidation sites excluding steroid dienone is 1. The van der Waals surface area contributed by atoms with Crippen molar-refractivity contribution in [3.8, 4) is 0 Å². The van der Waals surface area contributed by atoms with Crippen LogP contribution in [-0.4, -0.2) is 11.1 Å². The van der Waals surface area contributed by atoms with Crippen molar-refractivity contribution in [1.82, 2.24) is 0 Å². The van der Waals surface area contributed by atoms with Gasteiger partial charge in [-0.25, -0.2) is 4.79 Å². The Bertz CT molecular complexity index is 204. The minimum absolute atomic E-state index is 0.515. The molecule has 1 unspecified atom stereocenters. The minimum Gasteiger partial charge on any atom is -0.478 e. The maximum atomic E-state index is 10.7. The molecule has 1 saturated carbocycles. The van der Waals surface area contributed by atoms with E-state index in [1.807, 2.05) is 6.92 Å². The Kier molecular flexibility index (Phi) is 2.32. The molecule has 0 aromatic rings. The third kappa shape index (κ3) is 1.44. The second kappa shape index (κ2) is 3.07. The average molecular weight is 154 g/mol. The van der Waals surface area contributed by atoms with Crippen molar-refractivity contribution < 1.29 is 9.90 Å². The van der Waals surface area contributed by atoms with E-state index in [2.05, 4.69) is 6.92 Å². The Morgan fingerprint density at radius 1 is 1.73 bits per heavy atom. The van der Waals surface area contributed by atoms with Crippen LogP contribution < -0.4 is 0 Å². The van der Waals surface area contributed by atoms with E-state index >= 15 is 0 Å². The first-order valence-electron chi connectivity index (χ1n) is 4.12. The number of carboxylic acids is 1. The summed E-state index contributed by atoms with van der Waals surface area (Å²) in [6.45, 7) is 4.00. The van der Waals surface area contributed by atoms with Gasteiger partial charge in [0.25, 0.3) is 0 Å². The van der Waals surface area contributed by atoms with Gasteiger partial charge in [0.2, 0.25) is 0 Å². The van der Waals surface area contributed by atoms with Gasteiger partial charge in [0.15, 0.2) is 0 Å². The summed E-state index contributed by atoms with van der Waals surface area (Å²) in [4.78, 5) is 10.7. The van der Waals surface area contributed by atoms with Crippen molar-refractivity contribution in [3.63, 3.8) is 0 Å². The van der Waals surface area contributed by atoms with Crippen LogP contribution in [0.2, 0.25) is 0 Å². The average Bonchev–Trinajstić information content (AvgIpc) is 1.96. The van der Waals surface area contributed by atoms with Gasteiger partial charge in [-0.3, -0.25) is 0 Å². The van der Waals surface area contributed by atoms with Gasteiger partial charge >= 0.3 is 5.97 Å². The van der Waals surface area contributed by atoms with Gasteiger partial charge in [-0.05, 0) is 25.2 Å². The first-order chi connectivity index (χ1) is 5.16. The van der Waals surface area contributed by atoms with Crippen molar-refractivity contribution in [1.29, 1.82) is 0 Å². The van der Waals surface area contributed by atoms with Crippen molar-refractivity contribution in [2.75, 3.05) is 0 Å². The summed E-state index contributed by atoms with van der Waals surface area (Å²) < 4.78 is 0. The fourth-order valence-corrected chi connectivity index (χ4v) is 1.54. The third-order valence-electron chi connectivity index (χ3n) is 2.44. The van der Waals surface area contributed by atoms with Crippen molar-refractivity contribution >= 4 is 5.97 Å². The summed E-state index contributed by atoms with van der Waals surface area (Å²) in [6, 6.07) is 0. The van der Waals surface area contributed by atoms with Crippen LogP contribution in [0.4, 0.5) is 0 Å². The molecule has 1 rings (SSSR count). The first kappa shape index (κ1) is 8.31. The normalized spacial score (nSPS) is 27.6. The van der Waals surface area contributed by atoms with Crippen molar-refractivity contribution in [3.05, 3.63) is 11.1 Å². The van der Waals surface area contributed by atoms with Crippen LogP contribution in [0.1, 0.15) is 33.1 Å². The monoisotopic (exact) mass is 154 g/mol. The van der Waals surface area contributed by atoms with Gasteiger partial charge < -0.3 is 5.11 Å². The van der Waals surface area contributed by atoms with Gasteiger partial charge in [0.05, 0.1) is 0 Å². The van der Waals surface area contributed by atoms with E-state index in [4.69, 9.17) is 5.11 Å². The van der Waals surface area contributed by atoms with Crippen molar-refractivity contribution in [2.45, 2.75) is 33.1 Å². The third-order valence-corrected chi connectivity index (χ3v) is 2.44. The van der Waals surface area contributed by atoms with Crippen LogP contribution in [0.25, 0.3) is 0 Å². The van der Waals surface area contributed by atoms with Crippen LogP contribution in [-0.2, 0) is 4.79 Å². The highest BCUT2D eigenvalue weighted by Gasteiger charge is 2.24. The Morgan fingerprint density at radius 3 is 2.45 bits per heavy atom. The molecule has 1 atom stereocenters. The molecular weight excluding hydrogens is 140 g/mol. The van der Waals surface area contributed by atoms with Gasteiger partial charge in [0.1, 0.15) is 0 Å². The molecule has 0 aromatic heterocycles. The molecule has 1 fully saturated rings. The summed E-state index contributed by atoms with van der Waals surface area (Å²) in [5.74, 6) is -0.213. The fraction of sp³-hybridized carbons (Fsp3) is 0.667. The van der Waals surface area contributed by atoms with E-state index in [-0.39, 0.29) is 0 Å². The highest BCUT2D eigenvalue weighted by atomic mass is 16.4. The van der Waals surface area contributed by atoms with Crippen molar-refractivity contribution in [2.24, 2.45) is 5.92 Å². The summed E-state index contributed by atoms with van der Waals surface area (Å²) in [7, 11) is 0. The SMILES string of the molecule is CC/C(C(=O)O)=C1\CCC1C. The number of hydrogen-bond donors (Lipinski definition) is 1. The molecule has 1 N–H and O–H groups in total. The predicted octanol–water partition coefficient (Wildman–Crippen LogP) is 2.21. The highest BCUT2D eigenvalue weighted by Crippen LogP contribution is 2.36. The van der Waals surface area contributed by atoms with E-state index in [0.717, 1.165) is 12.8 Å². The molecule has 0 bridgehead atoms. The maximum absolute atomic E-state index is 10.7. The summed E-state index contributed by atoms with van der Waals surface area (Å²) in [6.07, 6.45) is 2.82. The van der Waals surface area contributed by atoms with Crippen LogP contribution in [0.15, 0.2) is 11.1 Å². The van der Waals surface area contributed by atoms with E-state index < -0.39 is 5.97 Å². The van der Waals surface area contributed by atoms with Crippen LogP contribution >= 0.6 is 0 Å². The Balaban J connectivity index is 2.81. The zero-order chi connectivity index (χ0) is 8.43. The molecule has 0 aliphatic heterocycles. The van der Waals surface area contributed by atoms with Gasteiger partial charge in [-0.1, -0.05) is 19.4 Å². The maximum Gasteiger partial charge on any atom is 0.331 e.